The van der Waals surface area contributed by atoms with E-state index in [4.69, 9.17) is 13.8 Å². The Balaban J connectivity index is 1.16. The van der Waals surface area contributed by atoms with Gasteiger partial charge < -0.3 is 13.7 Å². The predicted octanol–water partition coefficient (Wildman–Crippen LogP) is 9.24. The quantitative estimate of drug-likeness (QED) is 0.237. The normalized spacial score (nSPS) is 12.6. The van der Waals surface area contributed by atoms with Gasteiger partial charge in [-0.3, -0.25) is 0 Å². The van der Waals surface area contributed by atoms with E-state index in [2.05, 4.69) is 82.7 Å². The van der Waals surface area contributed by atoms with Gasteiger partial charge >= 0.3 is 0 Å². The van der Waals surface area contributed by atoms with Crippen LogP contribution in [-0.2, 0) is 0 Å². The molecule has 0 atom stereocenters. The Bertz CT molecular complexity index is 1860. The number of hydrogen-bond acceptors (Lipinski definition) is 6. The van der Waals surface area contributed by atoms with E-state index in [1.807, 2.05) is 42.5 Å². The fraction of sp³-hybridized carbons (Fsp3) is 0. The molecule has 2 aromatic heterocycles. The Morgan fingerprint density at radius 1 is 0.526 bits per heavy atom. The third kappa shape index (κ3) is 3.42. The molecule has 0 unspecified atom stereocenters. The van der Waals surface area contributed by atoms with Crippen molar-refractivity contribution in [1.29, 1.82) is 0 Å². The highest BCUT2D eigenvalue weighted by atomic mass is 32.2. The summed E-state index contributed by atoms with van der Waals surface area (Å²) in [7, 11) is 0. The van der Waals surface area contributed by atoms with Gasteiger partial charge in [0, 0.05) is 38.7 Å². The Labute approximate surface area is 222 Å². The highest BCUT2D eigenvalue weighted by Gasteiger charge is 2.24. The molecule has 5 nitrogen and oxygen atoms in total. The number of fused-ring (bicyclic) bond motifs is 4. The van der Waals surface area contributed by atoms with E-state index in [1.54, 1.807) is 11.8 Å². The monoisotopic (exact) mass is 509 g/mol. The van der Waals surface area contributed by atoms with E-state index in [9.17, 15) is 0 Å². The standard InChI is InChI=1S/C32H19N3O2S/c1-2-8-20(9-3-1)31-33-23-18-28-24(19-27(23)36-31)34-32(37-28)21-14-16-22(17-15-21)35-25-10-4-6-12-29(25)38-30-13-7-5-11-26(30)35/h1-19H. The van der Waals surface area contributed by atoms with Crippen LogP contribution in [0.25, 0.3) is 45.1 Å². The summed E-state index contributed by atoms with van der Waals surface area (Å²) >= 11 is 1.80. The average Bonchev–Trinajstić information content (AvgIpc) is 3.58. The lowest BCUT2D eigenvalue weighted by Crippen LogP contribution is -2.14. The largest absolute Gasteiger partial charge is 0.436 e. The van der Waals surface area contributed by atoms with Crippen LogP contribution in [0.5, 0.6) is 0 Å². The van der Waals surface area contributed by atoms with Crippen LogP contribution >= 0.6 is 11.8 Å². The van der Waals surface area contributed by atoms with Crippen molar-refractivity contribution in [1.82, 2.24) is 9.97 Å². The second-order valence-corrected chi connectivity index (χ2v) is 10.2. The average molecular weight is 510 g/mol. The fourth-order valence-corrected chi connectivity index (χ4v) is 5.97. The first-order chi connectivity index (χ1) is 18.8. The van der Waals surface area contributed by atoms with E-state index in [1.165, 1.54) is 21.2 Å². The molecule has 7 aromatic rings. The molecule has 0 fully saturated rings. The highest BCUT2D eigenvalue weighted by molar-refractivity contribution is 7.99. The van der Waals surface area contributed by atoms with Crippen LogP contribution in [0.15, 0.2) is 134 Å². The first kappa shape index (κ1) is 21.3. The van der Waals surface area contributed by atoms with E-state index in [0.29, 0.717) is 22.9 Å². The summed E-state index contributed by atoms with van der Waals surface area (Å²) in [5, 5.41) is 0. The topological polar surface area (TPSA) is 55.3 Å². The van der Waals surface area contributed by atoms with Gasteiger partial charge in [-0.1, -0.05) is 54.2 Å². The molecule has 0 saturated heterocycles. The molecule has 0 spiro atoms. The van der Waals surface area contributed by atoms with Gasteiger partial charge in [-0.25, -0.2) is 9.97 Å². The van der Waals surface area contributed by atoms with Gasteiger partial charge in [0.15, 0.2) is 11.2 Å². The molecule has 0 radical (unpaired) electrons. The van der Waals surface area contributed by atoms with Gasteiger partial charge in [-0.05, 0) is 60.7 Å². The number of anilines is 3. The zero-order valence-electron chi connectivity index (χ0n) is 20.0. The van der Waals surface area contributed by atoms with Crippen LogP contribution in [0.3, 0.4) is 0 Å². The minimum Gasteiger partial charge on any atom is -0.436 e. The molecule has 0 bridgehead atoms. The lowest BCUT2D eigenvalue weighted by atomic mass is 10.1. The van der Waals surface area contributed by atoms with Gasteiger partial charge in [0.2, 0.25) is 11.8 Å². The molecule has 1 aliphatic rings. The van der Waals surface area contributed by atoms with Crippen LogP contribution in [0.1, 0.15) is 0 Å². The van der Waals surface area contributed by atoms with Gasteiger partial charge in [0.1, 0.15) is 11.0 Å². The zero-order valence-corrected chi connectivity index (χ0v) is 20.9. The molecule has 3 heterocycles. The Kier molecular flexibility index (Phi) is 4.69. The van der Waals surface area contributed by atoms with E-state index in [-0.39, 0.29) is 0 Å². The predicted molar refractivity (Wildman–Crippen MR) is 151 cm³/mol. The maximum absolute atomic E-state index is 6.17. The minimum absolute atomic E-state index is 0.567. The van der Waals surface area contributed by atoms with Crippen molar-refractivity contribution in [2.24, 2.45) is 0 Å². The molecule has 5 aromatic carbocycles. The molecule has 0 saturated carbocycles. The molecule has 8 rings (SSSR count). The molecule has 38 heavy (non-hydrogen) atoms. The van der Waals surface area contributed by atoms with Crippen LogP contribution in [0, 0.1) is 0 Å². The van der Waals surface area contributed by atoms with E-state index < -0.39 is 0 Å². The van der Waals surface area contributed by atoms with Crippen molar-refractivity contribution in [2.45, 2.75) is 9.79 Å². The first-order valence-corrected chi connectivity index (χ1v) is 13.1. The van der Waals surface area contributed by atoms with E-state index in [0.717, 1.165) is 27.8 Å². The summed E-state index contributed by atoms with van der Waals surface area (Å²) in [5.41, 5.74) is 8.14. The minimum atomic E-state index is 0.567. The number of benzene rings is 5. The molecule has 180 valence electrons. The second-order valence-electron chi connectivity index (χ2n) is 9.11. The third-order valence-corrected chi connectivity index (χ3v) is 7.85. The first-order valence-electron chi connectivity index (χ1n) is 12.3. The van der Waals surface area contributed by atoms with Crippen molar-refractivity contribution in [3.05, 3.63) is 115 Å². The SMILES string of the molecule is c1ccc(-c2nc3cc4oc(-c5ccc(N6c7ccccc7Sc7ccccc76)cc5)nc4cc3o2)cc1. The molecule has 6 heteroatoms. The van der Waals surface area contributed by atoms with E-state index >= 15 is 0 Å². The zero-order chi connectivity index (χ0) is 25.1. The lowest BCUT2D eigenvalue weighted by Gasteiger charge is -2.32. The molecule has 0 amide bonds. The molecule has 0 aliphatic carbocycles. The molecule has 0 N–H and O–H groups in total. The molecule has 1 aliphatic heterocycles. The van der Waals surface area contributed by atoms with Crippen LogP contribution in [0.4, 0.5) is 17.1 Å². The smallest absolute Gasteiger partial charge is 0.227 e. The summed E-state index contributed by atoms with van der Waals surface area (Å²) in [4.78, 5) is 14.2. The molecular weight excluding hydrogens is 490 g/mol. The number of rotatable bonds is 3. The lowest BCUT2D eigenvalue weighted by molar-refractivity contribution is 0.618. The highest BCUT2D eigenvalue weighted by Crippen LogP contribution is 2.51. The maximum Gasteiger partial charge on any atom is 0.227 e. The number of hydrogen-bond donors (Lipinski definition) is 0. The van der Waals surface area contributed by atoms with Crippen molar-refractivity contribution < 1.29 is 8.83 Å². The molecular formula is C32H19N3O2S. The van der Waals surface area contributed by atoms with Crippen molar-refractivity contribution in [2.75, 3.05) is 4.90 Å². The summed E-state index contributed by atoms with van der Waals surface area (Å²) in [6, 6.07) is 39.0. The Morgan fingerprint density at radius 3 is 1.61 bits per heavy atom. The number of aromatic nitrogens is 2. The van der Waals surface area contributed by atoms with Crippen LogP contribution in [0.2, 0.25) is 0 Å². The summed E-state index contributed by atoms with van der Waals surface area (Å²) in [6.45, 7) is 0. The van der Waals surface area contributed by atoms with Crippen LogP contribution < -0.4 is 4.90 Å². The number of para-hydroxylation sites is 2. The number of oxazole rings is 2. The van der Waals surface area contributed by atoms with Crippen LogP contribution in [-0.4, -0.2) is 9.97 Å². The summed E-state index contributed by atoms with van der Waals surface area (Å²) in [5.74, 6) is 1.15. The second kappa shape index (κ2) is 8.36. The summed E-state index contributed by atoms with van der Waals surface area (Å²) < 4.78 is 12.2. The third-order valence-electron chi connectivity index (χ3n) is 6.72. The fourth-order valence-electron chi connectivity index (χ4n) is 4.91. The maximum atomic E-state index is 6.17. The van der Waals surface area contributed by atoms with Crippen molar-refractivity contribution in [3.8, 4) is 22.9 Å². The van der Waals surface area contributed by atoms with Gasteiger partial charge in [-0.15, -0.1) is 0 Å². The summed E-state index contributed by atoms with van der Waals surface area (Å²) in [6.07, 6.45) is 0. The van der Waals surface area contributed by atoms with Gasteiger partial charge in [-0.2, -0.15) is 0 Å². The van der Waals surface area contributed by atoms with Gasteiger partial charge in [0.05, 0.1) is 11.4 Å². The Hall–Kier alpha value is -4.81. The van der Waals surface area contributed by atoms with Crippen molar-refractivity contribution >= 4 is 51.0 Å². The Morgan fingerprint density at radius 2 is 1.03 bits per heavy atom. The van der Waals surface area contributed by atoms with Gasteiger partial charge in [0.25, 0.3) is 0 Å². The number of nitrogens with zero attached hydrogens (tertiary/aromatic N) is 3. The van der Waals surface area contributed by atoms with Crippen molar-refractivity contribution in [3.63, 3.8) is 0 Å².